The van der Waals surface area contributed by atoms with E-state index in [1.807, 2.05) is 0 Å². The fraction of sp³-hybridized carbons (Fsp3) is 0.636. The summed E-state index contributed by atoms with van der Waals surface area (Å²) in [5.41, 5.74) is -0.423. The second-order valence-electron chi connectivity index (χ2n) is 4.30. The van der Waals surface area contributed by atoms with Crippen molar-refractivity contribution in [3.63, 3.8) is 0 Å². The first kappa shape index (κ1) is 11.8. The van der Waals surface area contributed by atoms with Crippen LogP contribution in [0.25, 0.3) is 0 Å². The van der Waals surface area contributed by atoms with Gasteiger partial charge >= 0.3 is 11.9 Å². The van der Waals surface area contributed by atoms with E-state index in [0.29, 0.717) is 12.0 Å². The summed E-state index contributed by atoms with van der Waals surface area (Å²) in [7, 11) is 0. The molecule has 84 valence electrons. The highest BCUT2D eigenvalue weighted by Gasteiger charge is 2.39. The van der Waals surface area contributed by atoms with Gasteiger partial charge in [-0.15, -0.1) is 0 Å². The maximum atomic E-state index is 11.4. The van der Waals surface area contributed by atoms with Crippen molar-refractivity contribution in [3.05, 3.63) is 12.2 Å². The van der Waals surface area contributed by atoms with E-state index in [1.54, 1.807) is 20.8 Å². The lowest BCUT2D eigenvalue weighted by molar-refractivity contribution is -0.178. The van der Waals surface area contributed by atoms with Crippen molar-refractivity contribution in [3.8, 4) is 0 Å². The van der Waals surface area contributed by atoms with E-state index < -0.39 is 11.6 Å². The summed E-state index contributed by atoms with van der Waals surface area (Å²) in [5.74, 6) is -0.787. The molecule has 1 saturated heterocycles. The molecule has 4 heteroatoms. The van der Waals surface area contributed by atoms with Gasteiger partial charge in [-0.2, -0.15) is 0 Å². The molecule has 0 aromatic carbocycles. The van der Waals surface area contributed by atoms with Crippen molar-refractivity contribution in [2.45, 2.75) is 45.3 Å². The zero-order valence-corrected chi connectivity index (χ0v) is 9.33. The summed E-state index contributed by atoms with van der Waals surface area (Å²) in [4.78, 5) is 22.6. The third kappa shape index (κ3) is 3.08. The first-order valence-electron chi connectivity index (χ1n) is 4.91. The number of hydrogen-bond acceptors (Lipinski definition) is 4. The van der Waals surface area contributed by atoms with E-state index in [9.17, 15) is 9.59 Å². The van der Waals surface area contributed by atoms with Crippen molar-refractivity contribution in [2.75, 3.05) is 0 Å². The van der Waals surface area contributed by atoms with Crippen LogP contribution in [0.4, 0.5) is 0 Å². The monoisotopic (exact) mass is 212 g/mol. The van der Waals surface area contributed by atoms with Gasteiger partial charge in [0.1, 0.15) is 11.7 Å². The average molecular weight is 212 g/mol. The standard InChI is InChI=1S/C11H16O4/c1-7(2)10(13)15-11(4)5-8(3)14-9(12)6-11/h8H,1,5-6H2,2-4H3/t8-,11+/m1/s1. The van der Waals surface area contributed by atoms with Crippen molar-refractivity contribution in [2.24, 2.45) is 0 Å². The van der Waals surface area contributed by atoms with Gasteiger partial charge in [0, 0.05) is 12.0 Å². The molecule has 0 radical (unpaired) electrons. The fourth-order valence-corrected chi connectivity index (χ4v) is 1.68. The Hall–Kier alpha value is -1.32. The van der Waals surface area contributed by atoms with Crippen LogP contribution in [-0.2, 0) is 19.1 Å². The zero-order valence-electron chi connectivity index (χ0n) is 9.33. The van der Waals surface area contributed by atoms with Crippen LogP contribution >= 0.6 is 0 Å². The Labute approximate surface area is 89.2 Å². The molecule has 0 aliphatic carbocycles. The van der Waals surface area contributed by atoms with Crippen LogP contribution in [0.5, 0.6) is 0 Å². The maximum absolute atomic E-state index is 11.4. The summed E-state index contributed by atoms with van der Waals surface area (Å²) in [6.45, 7) is 8.60. The number of hydrogen-bond donors (Lipinski definition) is 0. The molecule has 1 aliphatic rings. The minimum absolute atomic E-state index is 0.108. The highest BCUT2D eigenvalue weighted by molar-refractivity contribution is 5.87. The molecule has 1 aliphatic heterocycles. The van der Waals surface area contributed by atoms with Gasteiger partial charge in [-0.25, -0.2) is 4.79 Å². The quantitative estimate of drug-likeness (QED) is 0.515. The molecule has 1 heterocycles. The average Bonchev–Trinajstić information content (AvgIpc) is 1.99. The molecule has 0 bridgehead atoms. The van der Waals surface area contributed by atoms with E-state index in [-0.39, 0.29) is 18.5 Å². The highest BCUT2D eigenvalue weighted by Crippen LogP contribution is 2.29. The van der Waals surface area contributed by atoms with Gasteiger partial charge in [0.2, 0.25) is 0 Å². The van der Waals surface area contributed by atoms with Crippen LogP contribution < -0.4 is 0 Å². The Morgan fingerprint density at radius 1 is 1.67 bits per heavy atom. The number of esters is 2. The smallest absolute Gasteiger partial charge is 0.333 e. The van der Waals surface area contributed by atoms with Crippen molar-refractivity contribution < 1.29 is 19.1 Å². The van der Waals surface area contributed by atoms with Crippen molar-refractivity contribution in [1.29, 1.82) is 0 Å². The van der Waals surface area contributed by atoms with Crippen LogP contribution in [-0.4, -0.2) is 23.6 Å². The molecule has 0 saturated carbocycles. The molecule has 4 nitrogen and oxygen atoms in total. The molecule has 0 aromatic heterocycles. The minimum Gasteiger partial charge on any atom is -0.462 e. The van der Waals surface area contributed by atoms with Gasteiger partial charge in [-0.05, 0) is 20.8 Å². The molecule has 15 heavy (non-hydrogen) atoms. The predicted octanol–water partition coefficient (Wildman–Crippen LogP) is 1.59. The molecule has 0 aromatic rings. The Balaban J connectivity index is 2.69. The summed E-state index contributed by atoms with van der Waals surface area (Å²) < 4.78 is 10.2. The van der Waals surface area contributed by atoms with Crippen LogP contribution in [0.3, 0.4) is 0 Å². The molecule has 0 unspecified atom stereocenters. The Morgan fingerprint density at radius 2 is 2.27 bits per heavy atom. The van der Waals surface area contributed by atoms with E-state index >= 15 is 0 Å². The third-order valence-corrected chi connectivity index (χ3v) is 2.26. The normalized spacial score (nSPS) is 30.6. The minimum atomic E-state index is -0.759. The lowest BCUT2D eigenvalue weighted by Crippen LogP contribution is -2.43. The molecule has 2 atom stereocenters. The Kier molecular flexibility index (Phi) is 3.17. The molecule has 0 N–H and O–H groups in total. The Morgan fingerprint density at radius 3 is 2.73 bits per heavy atom. The summed E-state index contributed by atoms with van der Waals surface area (Å²) >= 11 is 0. The SMILES string of the molecule is C=C(C)C(=O)O[C@]1(C)CC(=O)O[C@H](C)C1. The van der Waals surface area contributed by atoms with E-state index in [2.05, 4.69) is 6.58 Å². The van der Waals surface area contributed by atoms with Gasteiger partial charge in [0.05, 0.1) is 6.42 Å². The van der Waals surface area contributed by atoms with Gasteiger partial charge < -0.3 is 9.47 Å². The first-order chi connectivity index (χ1) is 6.82. The molecule has 0 amide bonds. The first-order valence-corrected chi connectivity index (χ1v) is 4.91. The second kappa shape index (κ2) is 4.04. The van der Waals surface area contributed by atoms with Gasteiger partial charge in [0.25, 0.3) is 0 Å². The Bertz CT molecular complexity index is 308. The topological polar surface area (TPSA) is 52.6 Å². The van der Waals surface area contributed by atoms with Crippen molar-refractivity contribution >= 4 is 11.9 Å². The zero-order chi connectivity index (χ0) is 11.6. The lowest BCUT2D eigenvalue weighted by atomic mass is 9.92. The summed E-state index contributed by atoms with van der Waals surface area (Å²) in [6.07, 6.45) is 0.419. The number of carbonyl (C=O) groups excluding carboxylic acids is 2. The number of rotatable bonds is 2. The van der Waals surface area contributed by atoms with E-state index in [4.69, 9.17) is 9.47 Å². The number of carbonyl (C=O) groups is 2. The van der Waals surface area contributed by atoms with Crippen LogP contribution in [0.15, 0.2) is 12.2 Å². The lowest BCUT2D eigenvalue weighted by Gasteiger charge is -2.35. The number of ether oxygens (including phenoxy) is 2. The molecule has 0 spiro atoms. The van der Waals surface area contributed by atoms with Crippen LogP contribution in [0.2, 0.25) is 0 Å². The highest BCUT2D eigenvalue weighted by atomic mass is 16.6. The molecular weight excluding hydrogens is 196 g/mol. The van der Waals surface area contributed by atoms with E-state index in [0.717, 1.165) is 0 Å². The van der Waals surface area contributed by atoms with Crippen LogP contribution in [0, 0.1) is 0 Å². The van der Waals surface area contributed by atoms with Gasteiger partial charge in [-0.1, -0.05) is 6.58 Å². The second-order valence-corrected chi connectivity index (χ2v) is 4.30. The maximum Gasteiger partial charge on any atom is 0.333 e. The molecule has 1 fully saturated rings. The predicted molar refractivity (Wildman–Crippen MR) is 54.1 cm³/mol. The largest absolute Gasteiger partial charge is 0.462 e. The summed E-state index contributed by atoms with van der Waals surface area (Å²) in [5, 5.41) is 0. The molecule has 1 rings (SSSR count). The van der Waals surface area contributed by atoms with Crippen LogP contribution in [0.1, 0.15) is 33.6 Å². The fourth-order valence-electron chi connectivity index (χ4n) is 1.68. The summed E-state index contributed by atoms with van der Waals surface area (Å²) in [6, 6.07) is 0. The molecular formula is C11H16O4. The third-order valence-electron chi connectivity index (χ3n) is 2.26. The van der Waals surface area contributed by atoms with Gasteiger partial charge in [0.15, 0.2) is 0 Å². The number of cyclic esters (lactones) is 1. The van der Waals surface area contributed by atoms with Gasteiger partial charge in [-0.3, -0.25) is 4.79 Å². The van der Waals surface area contributed by atoms with Crippen molar-refractivity contribution in [1.82, 2.24) is 0 Å². The van der Waals surface area contributed by atoms with E-state index in [1.165, 1.54) is 0 Å².